The fourth-order valence-corrected chi connectivity index (χ4v) is 2.15. The Kier molecular flexibility index (Phi) is 5.80. The van der Waals surface area contributed by atoms with Gasteiger partial charge >= 0.3 is 0 Å². The molecular weight excluding hydrogens is 327 g/mol. The number of hydrogen-bond donors (Lipinski definition) is 2. The zero-order chi connectivity index (χ0) is 11.4. The normalized spacial score (nSPS) is 16.9. The van der Waals surface area contributed by atoms with E-state index < -0.39 is 0 Å². The van der Waals surface area contributed by atoms with E-state index in [9.17, 15) is 0 Å². The average Bonchev–Trinajstić information content (AvgIpc) is 2.87. The minimum absolute atomic E-state index is 0. The Morgan fingerprint density at radius 3 is 2.82 bits per heavy atom. The van der Waals surface area contributed by atoms with Crippen molar-refractivity contribution in [3.63, 3.8) is 0 Å². The molecule has 0 spiro atoms. The number of aliphatic imine (C=N–C) groups is 1. The second-order valence-electron chi connectivity index (χ2n) is 4.44. The van der Waals surface area contributed by atoms with Crippen LogP contribution >= 0.6 is 24.0 Å². The number of aromatic nitrogens is 1. The van der Waals surface area contributed by atoms with Gasteiger partial charge in [-0.3, -0.25) is 0 Å². The number of aryl methyl sites for hydroxylation is 1. The summed E-state index contributed by atoms with van der Waals surface area (Å²) in [5, 5.41) is 3.28. The smallest absolute Gasteiger partial charge is 0.189 e. The maximum Gasteiger partial charge on any atom is 0.189 e. The van der Waals surface area contributed by atoms with Gasteiger partial charge < -0.3 is 15.6 Å². The van der Waals surface area contributed by atoms with Crippen molar-refractivity contribution in [1.82, 2.24) is 9.88 Å². The first-order valence-corrected chi connectivity index (χ1v) is 5.92. The van der Waals surface area contributed by atoms with Crippen LogP contribution in [0.4, 0.5) is 0 Å². The molecule has 1 aliphatic rings. The summed E-state index contributed by atoms with van der Waals surface area (Å²) in [5.74, 6) is 0.577. The monoisotopic (exact) mass is 348 g/mol. The van der Waals surface area contributed by atoms with Gasteiger partial charge in [-0.2, -0.15) is 0 Å². The number of guanidine groups is 1. The van der Waals surface area contributed by atoms with E-state index in [1.165, 1.54) is 31.4 Å². The predicted molar refractivity (Wildman–Crippen MR) is 81.5 cm³/mol. The molecule has 4 nitrogen and oxygen atoms in total. The lowest BCUT2D eigenvalue weighted by molar-refractivity contribution is 0.624. The van der Waals surface area contributed by atoms with Crippen LogP contribution in [0.3, 0.4) is 0 Å². The van der Waals surface area contributed by atoms with Gasteiger partial charge in [-0.05, 0) is 25.0 Å². The van der Waals surface area contributed by atoms with E-state index in [4.69, 9.17) is 5.73 Å². The summed E-state index contributed by atoms with van der Waals surface area (Å²) in [6.07, 6.45) is 7.08. The molecule has 3 N–H and O–H groups in total. The number of nitrogens with zero attached hydrogens (tertiary/aromatic N) is 2. The van der Waals surface area contributed by atoms with Crippen LogP contribution in [0.5, 0.6) is 0 Å². The van der Waals surface area contributed by atoms with Crippen LogP contribution < -0.4 is 11.1 Å². The molecule has 1 heterocycles. The van der Waals surface area contributed by atoms with E-state index in [0.29, 0.717) is 18.5 Å². The van der Waals surface area contributed by atoms with Gasteiger partial charge in [0.25, 0.3) is 0 Å². The van der Waals surface area contributed by atoms with Crippen molar-refractivity contribution >= 4 is 29.9 Å². The van der Waals surface area contributed by atoms with E-state index in [0.717, 1.165) is 0 Å². The minimum Gasteiger partial charge on any atom is -0.370 e. The molecule has 17 heavy (non-hydrogen) atoms. The summed E-state index contributed by atoms with van der Waals surface area (Å²) in [7, 11) is 2.02. The van der Waals surface area contributed by atoms with Crippen molar-refractivity contribution in [3.8, 4) is 0 Å². The molecular formula is C12H21IN4. The molecule has 0 amide bonds. The van der Waals surface area contributed by atoms with Gasteiger partial charge in [0.15, 0.2) is 5.96 Å². The molecule has 0 atom stereocenters. The van der Waals surface area contributed by atoms with Gasteiger partial charge in [0.1, 0.15) is 0 Å². The molecule has 0 unspecified atom stereocenters. The highest BCUT2D eigenvalue weighted by Crippen LogP contribution is 2.17. The minimum atomic E-state index is 0. The Morgan fingerprint density at radius 2 is 2.24 bits per heavy atom. The van der Waals surface area contributed by atoms with E-state index in [-0.39, 0.29) is 24.0 Å². The molecule has 1 fully saturated rings. The van der Waals surface area contributed by atoms with Crippen LogP contribution in [0.2, 0.25) is 0 Å². The van der Waals surface area contributed by atoms with Crippen molar-refractivity contribution in [2.24, 2.45) is 17.8 Å². The Hall–Kier alpha value is -0.720. The van der Waals surface area contributed by atoms with Crippen LogP contribution in [0.1, 0.15) is 31.4 Å². The Labute approximate surface area is 120 Å². The molecule has 1 aliphatic carbocycles. The largest absolute Gasteiger partial charge is 0.370 e. The molecule has 0 aliphatic heterocycles. The summed E-state index contributed by atoms with van der Waals surface area (Å²) in [6, 6.07) is 4.62. The van der Waals surface area contributed by atoms with E-state index in [1.807, 2.05) is 19.3 Å². The first-order valence-electron chi connectivity index (χ1n) is 5.92. The highest BCUT2D eigenvalue weighted by Gasteiger charge is 2.14. The highest BCUT2D eigenvalue weighted by molar-refractivity contribution is 14.0. The highest BCUT2D eigenvalue weighted by atomic mass is 127. The van der Waals surface area contributed by atoms with Gasteiger partial charge in [-0.25, -0.2) is 4.99 Å². The molecule has 1 aromatic heterocycles. The maximum absolute atomic E-state index is 5.85. The standard InChI is InChI=1S/C12H20N4.HI/c1-16-8-4-7-11(16)9-14-12(13)15-10-5-2-3-6-10;/h4,7-8,10H,2-3,5-6,9H2,1H3,(H3,13,14,15);1H. The van der Waals surface area contributed by atoms with Crippen LogP contribution in [-0.2, 0) is 13.6 Å². The predicted octanol–water partition coefficient (Wildman–Crippen LogP) is 1.99. The lowest BCUT2D eigenvalue weighted by atomic mass is 10.2. The Morgan fingerprint density at radius 1 is 1.53 bits per heavy atom. The SMILES string of the molecule is Cn1cccc1CN=C(N)NC1CCCC1.I. The molecule has 0 radical (unpaired) electrons. The van der Waals surface area contributed by atoms with Gasteiger partial charge in [0, 0.05) is 25.0 Å². The third kappa shape index (κ3) is 4.22. The molecule has 5 heteroatoms. The van der Waals surface area contributed by atoms with Crippen molar-refractivity contribution < 1.29 is 0 Å². The Bertz CT molecular complexity index is 366. The van der Waals surface area contributed by atoms with Crippen LogP contribution in [0.25, 0.3) is 0 Å². The lowest BCUT2D eigenvalue weighted by Gasteiger charge is -2.12. The Balaban J connectivity index is 0.00000144. The number of nitrogens with one attached hydrogen (secondary N) is 1. The van der Waals surface area contributed by atoms with Crippen LogP contribution in [0.15, 0.2) is 23.3 Å². The second kappa shape index (κ2) is 6.88. The molecule has 0 aromatic carbocycles. The molecule has 0 saturated heterocycles. The van der Waals surface area contributed by atoms with Crippen LogP contribution in [-0.4, -0.2) is 16.6 Å². The van der Waals surface area contributed by atoms with E-state index in [2.05, 4.69) is 20.9 Å². The van der Waals surface area contributed by atoms with Gasteiger partial charge in [-0.1, -0.05) is 12.8 Å². The van der Waals surface area contributed by atoms with E-state index in [1.54, 1.807) is 0 Å². The zero-order valence-electron chi connectivity index (χ0n) is 10.2. The van der Waals surface area contributed by atoms with Crippen molar-refractivity contribution in [3.05, 3.63) is 24.0 Å². The molecule has 1 aromatic rings. The number of hydrogen-bond acceptors (Lipinski definition) is 1. The van der Waals surface area contributed by atoms with E-state index >= 15 is 0 Å². The first-order chi connectivity index (χ1) is 7.75. The fraction of sp³-hybridized carbons (Fsp3) is 0.583. The molecule has 1 saturated carbocycles. The summed E-state index contributed by atoms with van der Waals surface area (Å²) in [4.78, 5) is 4.35. The van der Waals surface area contributed by atoms with Crippen molar-refractivity contribution in [2.45, 2.75) is 38.3 Å². The average molecular weight is 348 g/mol. The number of halogens is 1. The molecule has 96 valence electrons. The third-order valence-electron chi connectivity index (χ3n) is 3.17. The van der Waals surface area contributed by atoms with Crippen molar-refractivity contribution in [1.29, 1.82) is 0 Å². The van der Waals surface area contributed by atoms with Gasteiger partial charge in [-0.15, -0.1) is 24.0 Å². The fourth-order valence-electron chi connectivity index (χ4n) is 2.15. The number of nitrogens with two attached hydrogens (primary N) is 1. The third-order valence-corrected chi connectivity index (χ3v) is 3.17. The van der Waals surface area contributed by atoms with Crippen molar-refractivity contribution in [2.75, 3.05) is 0 Å². The second-order valence-corrected chi connectivity index (χ2v) is 4.44. The maximum atomic E-state index is 5.85. The van der Waals surface area contributed by atoms with Crippen LogP contribution in [0, 0.1) is 0 Å². The summed E-state index contributed by atoms with van der Waals surface area (Å²) < 4.78 is 2.06. The summed E-state index contributed by atoms with van der Waals surface area (Å²) in [5.41, 5.74) is 7.03. The molecule has 2 rings (SSSR count). The molecule has 0 bridgehead atoms. The van der Waals surface area contributed by atoms with Gasteiger partial charge in [0.05, 0.1) is 6.54 Å². The summed E-state index contributed by atoms with van der Waals surface area (Å²) >= 11 is 0. The quantitative estimate of drug-likeness (QED) is 0.499. The van der Waals surface area contributed by atoms with Gasteiger partial charge in [0.2, 0.25) is 0 Å². The zero-order valence-corrected chi connectivity index (χ0v) is 12.6. The first kappa shape index (κ1) is 14.3. The number of rotatable bonds is 3. The summed E-state index contributed by atoms with van der Waals surface area (Å²) in [6.45, 7) is 0.648. The lowest BCUT2D eigenvalue weighted by Crippen LogP contribution is -2.38. The topological polar surface area (TPSA) is 55.3 Å².